The van der Waals surface area contributed by atoms with Gasteiger partial charge in [0, 0.05) is 12.4 Å². The minimum Gasteiger partial charge on any atom is -0.548 e. The first-order valence-corrected chi connectivity index (χ1v) is 6.62. The third-order valence-electron chi connectivity index (χ3n) is 3.49. The minimum absolute atomic E-state index is 0.297. The maximum atomic E-state index is 12.2. The first-order chi connectivity index (χ1) is 10.4. The average molecular weight is 305 g/mol. The van der Waals surface area contributed by atoms with Crippen LogP contribution < -0.4 is 19.9 Å². The number of nitrogens with one attached hydrogen (secondary N) is 1. The van der Waals surface area contributed by atoms with Crippen LogP contribution in [0.2, 0.25) is 0 Å². The van der Waals surface area contributed by atoms with Crippen molar-refractivity contribution in [3.8, 4) is 11.5 Å². The first-order valence-electron chi connectivity index (χ1n) is 6.62. The predicted octanol–water partition coefficient (Wildman–Crippen LogP) is 0.0637. The molecular formula is C15H17N2O5-. The molecule has 118 valence electrons. The van der Waals surface area contributed by atoms with Crippen LogP contribution >= 0.6 is 0 Å². The fourth-order valence-electron chi connectivity index (χ4n) is 2.30. The van der Waals surface area contributed by atoms with Crippen LogP contribution in [0.1, 0.15) is 17.4 Å². The Hall–Kier alpha value is -2.70. The van der Waals surface area contributed by atoms with Crippen molar-refractivity contribution in [2.75, 3.05) is 14.2 Å². The molecule has 2 aromatic rings. The second kappa shape index (κ2) is 5.97. The summed E-state index contributed by atoms with van der Waals surface area (Å²) in [4.78, 5) is 23.0. The van der Waals surface area contributed by atoms with Gasteiger partial charge in [0.2, 0.25) is 0 Å². The number of carbonyl (C=O) groups excluding carboxylic acids is 2. The van der Waals surface area contributed by atoms with E-state index in [1.54, 1.807) is 29.8 Å². The molecule has 0 saturated carbocycles. The number of aromatic nitrogens is 1. The third-order valence-corrected chi connectivity index (χ3v) is 3.49. The fraction of sp³-hybridized carbons (Fsp3) is 0.333. The second-order valence-corrected chi connectivity index (χ2v) is 4.84. The Bertz CT molecular complexity index is 735. The number of aryl methyl sites for hydroxylation is 1. The Labute approximate surface area is 127 Å². The molecule has 1 aromatic heterocycles. The number of carbonyl (C=O) groups is 2. The van der Waals surface area contributed by atoms with Crippen LogP contribution in [-0.4, -0.2) is 36.7 Å². The molecule has 1 aromatic carbocycles. The van der Waals surface area contributed by atoms with Crippen molar-refractivity contribution >= 4 is 22.8 Å². The van der Waals surface area contributed by atoms with Crippen LogP contribution in [0.5, 0.6) is 11.5 Å². The number of ether oxygens (including phenoxy) is 2. The lowest BCUT2D eigenvalue weighted by Crippen LogP contribution is -2.46. The summed E-state index contributed by atoms with van der Waals surface area (Å²) in [5.74, 6) is -0.675. The van der Waals surface area contributed by atoms with Crippen molar-refractivity contribution in [2.24, 2.45) is 7.05 Å². The number of aliphatic carboxylic acids is 1. The van der Waals surface area contributed by atoms with Gasteiger partial charge in [0.15, 0.2) is 0 Å². The fourth-order valence-corrected chi connectivity index (χ4v) is 2.30. The van der Waals surface area contributed by atoms with Crippen molar-refractivity contribution in [1.82, 2.24) is 9.88 Å². The normalized spacial score (nSPS) is 12.0. The van der Waals surface area contributed by atoms with Gasteiger partial charge in [-0.05, 0) is 25.1 Å². The Morgan fingerprint density at radius 3 is 2.36 bits per heavy atom. The van der Waals surface area contributed by atoms with E-state index in [2.05, 4.69) is 5.32 Å². The molecule has 1 amide bonds. The third kappa shape index (κ3) is 2.57. The Morgan fingerprint density at radius 1 is 1.23 bits per heavy atom. The number of hydrogen-bond acceptors (Lipinski definition) is 5. The highest BCUT2D eigenvalue weighted by atomic mass is 16.5. The summed E-state index contributed by atoms with van der Waals surface area (Å²) in [6.07, 6.45) is 0. The second-order valence-electron chi connectivity index (χ2n) is 4.84. The number of carboxylic acid groups (broad SMARTS) is 1. The van der Waals surface area contributed by atoms with Crippen molar-refractivity contribution in [2.45, 2.75) is 13.0 Å². The number of hydrogen-bond donors (Lipinski definition) is 1. The van der Waals surface area contributed by atoms with Gasteiger partial charge in [0.25, 0.3) is 5.91 Å². The van der Waals surface area contributed by atoms with Crippen LogP contribution in [-0.2, 0) is 11.8 Å². The molecule has 0 saturated heterocycles. The molecule has 1 N–H and O–H groups in total. The smallest absolute Gasteiger partial charge is 0.268 e. The molecule has 2 rings (SSSR count). The molecular weight excluding hydrogens is 288 g/mol. The van der Waals surface area contributed by atoms with E-state index >= 15 is 0 Å². The van der Waals surface area contributed by atoms with Gasteiger partial charge in [-0.3, -0.25) is 4.79 Å². The highest BCUT2D eigenvalue weighted by Crippen LogP contribution is 2.35. The SMILES string of the molecule is COc1ccc(OC)c2c1cc(C(=O)N[C@@H](C)C(=O)[O-])n2C. The van der Waals surface area contributed by atoms with Gasteiger partial charge in [-0.2, -0.15) is 0 Å². The molecule has 1 heterocycles. The number of rotatable bonds is 5. The number of fused-ring (bicyclic) bond motifs is 1. The number of nitrogens with zero attached hydrogens (tertiary/aromatic N) is 1. The number of benzene rings is 1. The topological polar surface area (TPSA) is 92.6 Å². The van der Waals surface area contributed by atoms with E-state index in [0.29, 0.717) is 28.1 Å². The molecule has 7 nitrogen and oxygen atoms in total. The molecule has 0 radical (unpaired) electrons. The lowest BCUT2D eigenvalue weighted by molar-refractivity contribution is -0.307. The number of carboxylic acids is 1. The van der Waals surface area contributed by atoms with Crippen LogP contribution in [0.4, 0.5) is 0 Å². The number of methoxy groups -OCH3 is 2. The predicted molar refractivity (Wildman–Crippen MR) is 78.0 cm³/mol. The lowest BCUT2D eigenvalue weighted by Gasteiger charge is -2.15. The molecule has 0 bridgehead atoms. The van der Waals surface area contributed by atoms with Gasteiger partial charge in [-0.1, -0.05) is 0 Å². The highest BCUT2D eigenvalue weighted by molar-refractivity contribution is 6.03. The van der Waals surface area contributed by atoms with E-state index in [1.807, 2.05) is 0 Å². The zero-order valence-electron chi connectivity index (χ0n) is 12.8. The monoisotopic (exact) mass is 305 g/mol. The van der Waals surface area contributed by atoms with Crippen molar-refractivity contribution < 1.29 is 24.2 Å². The molecule has 0 aliphatic heterocycles. The van der Waals surface area contributed by atoms with Crippen molar-refractivity contribution in [3.63, 3.8) is 0 Å². The summed E-state index contributed by atoms with van der Waals surface area (Å²) in [6.45, 7) is 1.34. The van der Waals surface area contributed by atoms with Gasteiger partial charge < -0.3 is 29.3 Å². The van der Waals surface area contributed by atoms with Gasteiger partial charge in [0.05, 0.1) is 31.7 Å². The van der Waals surface area contributed by atoms with E-state index in [9.17, 15) is 14.7 Å². The summed E-state index contributed by atoms with van der Waals surface area (Å²) in [5, 5.41) is 13.8. The van der Waals surface area contributed by atoms with Crippen LogP contribution in [0, 0.1) is 0 Å². The Kier molecular flexibility index (Phi) is 4.25. The van der Waals surface area contributed by atoms with E-state index in [-0.39, 0.29) is 0 Å². The van der Waals surface area contributed by atoms with Crippen molar-refractivity contribution in [3.05, 3.63) is 23.9 Å². The van der Waals surface area contributed by atoms with Crippen LogP contribution in [0.3, 0.4) is 0 Å². The quantitative estimate of drug-likeness (QED) is 0.843. The Morgan fingerprint density at radius 2 is 1.82 bits per heavy atom. The maximum Gasteiger partial charge on any atom is 0.268 e. The largest absolute Gasteiger partial charge is 0.548 e. The summed E-state index contributed by atoms with van der Waals surface area (Å²) in [5.41, 5.74) is 0.985. The molecule has 1 atom stereocenters. The van der Waals surface area contributed by atoms with E-state index < -0.39 is 17.9 Å². The summed E-state index contributed by atoms with van der Waals surface area (Å²) in [6, 6.07) is 4.03. The molecule has 0 aliphatic carbocycles. The zero-order chi connectivity index (χ0) is 16.4. The number of amides is 1. The van der Waals surface area contributed by atoms with Gasteiger partial charge >= 0.3 is 0 Å². The van der Waals surface area contributed by atoms with E-state index in [0.717, 1.165) is 0 Å². The Balaban J connectivity index is 2.54. The lowest BCUT2D eigenvalue weighted by atomic mass is 10.2. The summed E-state index contributed by atoms with van der Waals surface area (Å²) >= 11 is 0. The molecule has 0 aliphatic rings. The van der Waals surface area contributed by atoms with Gasteiger partial charge in [0.1, 0.15) is 17.2 Å². The van der Waals surface area contributed by atoms with Crippen LogP contribution in [0.25, 0.3) is 10.9 Å². The molecule has 22 heavy (non-hydrogen) atoms. The maximum absolute atomic E-state index is 12.2. The summed E-state index contributed by atoms with van der Waals surface area (Å²) < 4.78 is 12.2. The molecule has 0 spiro atoms. The molecule has 0 fully saturated rings. The molecule has 7 heteroatoms. The van der Waals surface area contributed by atoms with Gasteiger partial charge in [-0.15, -0.1) is 0 Å². The van der Waals surface area contributed by atoms with E-state index in [4.69, 9.17) is 9.47 Å². The first kappa shape index (κ1) is 15.7. The average Bonchev–Trinajstić information content (AvgIpc) is 2.84. The zero-order valence-corrected chi connectivity index (χ0v) is 12.8. The van der Waals surface area contributed by atoms with Crippen LogP contribution in [0.15, 0.2) is 18.2 Å². The summed E-state index contributed by atoms with van der Waals surface area (Å²) in [7, 11) is 4.77. The highest BCUT2D eigenvalue weighted by Gasteiger charge is 2.20. The van der Waals surface area contributed by atoms with Gasteiger partial charge in [-0.25, -0.2) is 0 Å². The van der Waals surface area contributed by atoms with Crippen molar-refractivity contribution in [1.29, 1.82) is 0 Å². The standard InChI is InChI=1S/C15H18N2O5/c1-8(15(19)20)16-14(18)10-7-9-11(21-3)5-6-12(22-4)13(9)17(10)2/h5-8H,1-4H3,(H,16,18)(H,19,20)/p-1/t8-/m0/s1. The van der Waals surface area contributed by atoms with E-state index in [1.165, 1.54) is 21.1 Å². The molecule has 0 unspecified atom stereocenters. The minimum atomic E-state index is -1.35.